The van der Waals surface area contributed by atoms with E-state index in [9.17, 15) is 0 Å². The molecule has 0 amide bonds. The van der Waals surface area contributed by atoms with E-state index in [2.05, 4.69) is 34.2 Å². The summed E-state index contributed by atoms with van der Waals surface area (Å²) in [4.78, 5) is 6.31. The lowest BCUT2D eigenvalue weighted by Gasteiger charge is -2.23. The van der Waals surface area contributed by atoms with Gasteiger partial charge in [-0.25, -0.2) is 0 Å². The molecule has 0 fully saturated rings. The molecule has 2 aromatic rings. The molecule has 0 N–H and O–H groups in total. The van der Waals surface area contributed by atoms with Gasteiger partial charge in [0.15, 0.2) is 0 Å². The summed E-state index contributed by atoms with van der Waals surface area (Å²) in [6.45, 7) is 1.51. The lowest BCUT2D eigenvalue weighted by atomic mass is 10.2. The predicted molar refractivity (Wildman–Crippen MR) is 72.0 cm³/mol. The molecule has 0 atom stereocenters. The van der Waals surface area contributed by atoms with Crippen molar-refractivity contribution in [1.82, 2.24) is 4.98 Å². The zero-order valence-corrected chi connectivity index (χ0v) is 10.2. The molecule has 0 aliphatic carbocycles. The van der Waals surface area contributed by atoms with Crippen LogP contribution in [0.15, 0.2) is 54.9 Å². The minimum Gasteiger partial charge on any atom is -0.366 e. The monoisotopic (exact) mass is 237 g/mol. The fraction of sp³-hybridized carbons (Fsp3) is 0.200. The van der Waals surface area contributed by atoms with Crippen LogP contribution in [0.4, 0.5) is 5.69 Å². The summed E-state index contributed by atoms with van der Waals surface area (Å²) in [5, 5.41) is 8.74. The van der Waals surface area contributed by atoms with Gasteiger partial charge in [0.2, 0.25) is 0 Å². The number of pyridine rings is 1. The number of aromatic nitrogens is 1. The van der Waals surface area contributed by atoms with Gasteiger partial charge in [0.05, 0.1) is 12.5 Å². The van der Waals surface area contributed by atoms with Crippen LogP contribution in [0.5, 0.6) is 0 Å². The normalized spacial score (nSPS) is 9.72. The Bertz CT molecular complexity index is 502. The number of hydrogen-bond donors (Lipinski definition) is 0. The number of rotatable bonds is 5. The zero-order chi connectivity index (χ0) is 12.6. The third-order valence-corrected chi connectivity index (χ3v) is 2.71. The van der Waals surface area contributed by atoms with E-state index in [1.165, 1.54) is 0 Å². The number of nitriles is 1. The van der Waals surface area contributed by atoms with Gasteiger partial charge in [-0.05, 0) is 23.8 Å². The van der Waals surface area contributed by atoms with E-state index in [1.54, 1.807) is 6.20 Å². The molecule has 3 heteroatoms. The van der Waals surface area contributed by atoms with E-state index >= 15 is 0 Å². The van der Waals surface area contributed by atoms with Crippen LogP contribution in [-0.2, 0) is 6.54 Å². The molecule has 0 saturated heterocycles. The molecule has 0 spiro atoms. The Morgan fingerprint density at radius 1 is 1.11 bits per heavy atom. The first kappa shape index (κ1) is 12.1. The fourth-order valence-electron chi connectivity index (χ4n) is 1.84. The lowest BCUT2D eigenvalue weighted by molar-refractivity contribution is 0.795. The Labute approximate surface area is 107 Å². The highest BCUT2D eigenvalue weighted by molar-refractivity contribution is 5.46. The molecule has 0 radical (unpaired) electrons. The van der Waals surface area contributed by atoms with Crippen molar-refractivity contribution in [3.63, 3.8) is 0 Å². The van der Waals surface area contributed by atoms with Crippen molar-refractivity contribution in [1.29, 1.82) is 5.26 Å². The second-order valence-corrected chi connectivity index (χ2v) is 4.03. The Kier molecular flexibility index (Phi) is 4.32. The smallest absolute Gasteiger partial charge is 0.0640 e. The number of hydrogen-bond acceptors (Lipinski definition) is 3. The number of nitrogens with zero attached hydrogens (tertiary/aromatic N) is 3. The van der Waals surface area contributed by atoms with Crippen molar-refractivity contribution in [2.75, 3.05) is 11.4 Å². The molecule has 0 bridgehead atoms. The minimum absolute atomic E-state index is 0.523. The maximum absolute atomic E-state index is 8.74. The molecule has 3 nitrogen and oxygen atoms in total. The van der Waals surface area contributed by atoms with E-state index in [1.807, 2.05) is 30.5 Å². The van der Waals surface area contributed by atoms with Gasteiger partial charge >= 0.3 is 0 Å². The van der Waals surface area contributed by atoms with Gasteiger partial charge in [-0.2, -0.15) is 5.26 Å². The number of anilines is 1. The Balaban J connectivity index is 2.14. The quantitative estimate of drug-likeness (QED) is 0.802. The topological polar surface area (TPSA) is 39.9 Å². The number of para-hydroxylation sites is 1. The maximum atomic E-state index is 8.74. The molecule has 90 valence electrons. The van der Waals surface area contributed by atoms with Crippen LogP contribution < -0.4 is 4.90 Å². The summed E-state index contributed by atoms with van der Waals surface area (Å²) in [5.74, 6) is 0. The SMILES string of the molecule is N#CCCN(Cc1cccnc1)c1ccccc1. The third kappa shape index (κ3) is 3.33. The van der Waals surface area contributed by atoms with Crippen molar-refractivity contribution in [3.8, 4) is 6.07 Å². The highest BCUT2D eigenvalue weighted by Crippen LogP contribution is 2.16. The first-order chi connectivity index (χ1) is 8.90. The van der Waals surface area contributed by atoms with Crippen molar-refractivity contribution < 1.29 is 0 Å². The molecular formula is C15H15N3. The van der Waals surface area contributed by atoms with Gasteiger partial charge in [0, 0.05) is 31.2 Å². The van der Waals surface area contributed by atoms with Crippen LogP contribution in [0, 0.1) is 11.3 Å². The summed E-state index contributed by atoms with van der Waals surface area (Å²) in [6, 6.07) is 16.3. The van der Waals surface area contributed by atoms with Crippen LogP contribution in [-0.4, -0.2) is 11.5 Å². The number of benzene rings is 1. The Morgan fingerprint density at radius 3 is 2.61 bits per heavy atom. The highest BCUT2D eigenvalue weighted by atomic mass is 15.1. The standard InChI is InChI=1S/C15H15N3/c16-9-5-11-18(15-7-2-1-3-8-15)13-14-6-4-10-17-12-14/h1-4,6-8,10,12H,5,11,13H2. The highest BCUT2D eigenvalue weighted by Gasteiger charge is 2.06. The summed E-state index contributed by atoms with van der Waals surface area (Å²) in [6.07, 6.45) is 4.16. The molecule has 0 unspecified atom stereocenters. The molecule has 1 aromatic heterocycles. The molecule has 0 aliphatic heterocycles. The van der Waals surface area contributed by atoms with E-state index in [0.717, 1.165) is 24.3 Å². The lowest BCUT2D eigenvalue weighted by Crippen LogP contribution is -2.23. The molecule has 1 heterocycles. The van der Waals surface area contributed by atoms with Crippen LogP contribution >= 0.6 is 0 Å². The summed E-state index contributed by atoms with van der Waals surface area (Å²) >= 11 is 0. The Morgan fingerprint density at radius 2 is 1.94 bits per heavy atom. The van der Waals surface area contributed by atoms with Crippen LogP contribution in [0.2, 0.25) is 0 Å². The van der Waals surface area contributed by atoms with Crippen LogP contribution in [0.3, 0.4) is 0 Å². The van der Waals surface area contributed by atoms with Crippen LogP contribution in [0.1, 0.15) is 12.0 Å². The second kappa shape index (κ2) is 6.41. The minimum atomic E-state index is 0.523. The average Bonchev–Trinajstić information content (AvgIpc) is 2.45. The van der Waals surface area contributed by atoms with E-state index in [4.69, 9.17) is 5.26 Å². The second-order valence-electron chi connectivity index (χ2n) is 4.03. The van der Waals surface area contributed by atoms with Crippen molar-refractivity contribution >= 4 is 5.69 Å². The van der Waals surface area contributed by atoms with Crippen molar-refractivity contribution in [2.45, 2.75) is 13.0 Å². The molecule has 18 heavy (non-hydrogen) atoms. The Hall–Kier alpha value is -2.34. The van der Waals surface area contributed by atoms with Gasteiger partial charge in [0.25, 0.3) is 0 Å². The van der Waals surface area contributed by atoms with E-state index in [0.29, 0.717) is 6.42 Å². The molecule has 0 aliphatic rings. The molecular weight excluding hydrogens is 222 g/mol. The summed E-state index contributed by atoms with van der Waals surface area (Å²) < 4.78 is 0. The van der Waals surface area contributed by atoms with Gasteiger partial charge < -0.3 is 4.90 Å². The van der Waals surface area contributed by atoms with E-state index in [-0.39, 0.29) is 0 Å². The predicted octanol–water partition coefficient (Wildman–Crippen LogP) is 3.00. The average molecular weight is 237 g/mol. The zero-order valence-electron chi connectivity index (χ0n) is 10.2. The first-order valence-corrected chi connectivity index (χ1v) is 5.96. The molecule has 1 aromatic carbocycles. The first-order valence-electron chi connectivity index (χ1n) is 5.96. The van der Waals surface area contributed by atoms with Crippen molar-refractivity contribution in [3.05, 3.63) is 60.4 Å². The van der Waals surface area contributed by atoms with Gasteiger partial charge in [-0.1, -0.05) is 24.3 Å². The summed E-state index contributed by atoms with van der Waals surface area (Å²) in [5.41, 5.74) is 2.29. The van der Waals surface area contributed by atoms with E-state index < -0.39 is 0 Å². The summed E-state index contributed by atoms with van der Waals surface area (Å²) in [7, 11) is 0. The van der Waals surface area contributed by atoms with Gasteiger partial charge in [-0.15, -0.1) is 0 Å². The van der Waals surface area contributed by atoms with Crippen LogP contribution in [0.25, 0.3) is 0 Å². The largest absolute Gasteiger partial charge is 0.366 e. The van der Waals surface area contributed by atoms with Gasteiger partial charge in [0.1, 0.15) is 0 Å². The fourth-order valence-corrected chi connectivity index (χ4v) is 1.84. The maximum Gasteiger partial charge on any atom is 0.0640 e. The van der Waals surface area contributed by atoms with Gasteiger partial charge in [-0.3, -0.25) is 4.98 Å². The van der Waals surface area contributed by atoms with Crippen molar-refractivity contribution in [2.24, 2.45) is 0 Å². The third-order valence-electron chi connectivity index (χ3n) is 2.71. The molecule has 0 saturated carbocycles. The molecule has 2 rings (SSSR count).